The first kappa shape index (κ1) is 19.3. The van der Waals surface area contributed by atoms with Crippen LogP contribution in [0.25, 0.3) is 0 Å². The summed E-state index contributed by atoms with van der Waals surface area (Å²) in [6.07, 6.45) is 2.38. The third-order valence-corrected chi connectivity index (χ3v) is 5.24. The first-order chi connectivity index (χ1) is 13.2. The highest BCUT2D eigenvalue weighted by Gasteiger charge is 2.15. The second-order valence-corrected chi connectivity index (χ2v) is 7.50. The molecule has 0 atom stereocenters. The average molecular weight is 385 g/mol. The Morgan fingerprint density at radius 3 is 2.85 bits per heavy atom. The van der Waals surface area contributed by atoms with Crippen molar-refractivity contribution in [1.29, 1.82) is 0 Å². The van der Waals surface area contributed by atoms with E-state index >= 15 is 0 Å². The van der Waals surface area contributed by atoms with Gasteiger partial charge in [0.1, 0.15) is 5.75 Å². The third kappa shape index (κ3) is 6.32. The van der Waals surface area contributed by atoms with Crippen LogP contribution in [-0.2, 0) is 16.0 Å². The Labute approximate surface area is 163 Å². The molecular weight excluding hydrogens is 360 g/mol. The number of carbonyl (C=O) groups excluding carboxylic acids is 2. The molecule has 0 aromatic heterocycles. The fraction of sp³-hybridized carbons (Fsp3) is 0.333. The molecule has 1 aliphatic rings. The molecule has 0 saturated carbocycles. The molecule has 0 saturated heterocycles. The highest BCUT2D eigenvalue weighted by molar-refractivity contribution is 7.99. The van der Waals surface area contributed by atoms with Crippen molar-refractivity contribution < 1.29 is 14.3 Å². The smallest absolute Gasteiger partial charge is 0.224 e. The molecule has 142 valence electrons. The van der Waals surface area contributed by atoms with Crippen molar-refractivity contribution in [2.75, 3.05) is 24.2 Å². The van der Waals surface area contributed by atoms with Crippen molar-refractivity contribution >= 4 is 29.3 Å². The van der Waals surface area contributed by atoms with Gasteiger partial charge >= 0.3 is 0 Å². The molecule has 2 aromatic carbocycles. The summed E-state index contributed by atoms with van der Waals surface area (Å²) in [5.41, 5.74) is 1.96. The number of carbonyl (C=O) groups is 2. The van der Waals surface area contributed by atoms with Crippen LogP contribution in [0.4, 0.5) is 5.69 Å². The van der Waals surface area contributed by atoms with E-state index in [1.54, 1.807) is 11.8 Å². The fourth-order valence-corrected chi connectivity index (χ4v) is 3.63. The van der Waals surface area contributed by atoms with Gasteiger partial charge in [0.05, 0.1) is 6.61 Å². The summed E-state index contributed by atoms with van der Waals surface area (Å²) in [7, 11) is 0. The molecule has 1 aliphatic heterocycles. The summed E-state index contributed by atoms with van der Waals surface area (Å²) >= 11 is 1.73. The predicted octanol–water partition coefficient (Wildman–Crippen LogP) is 3.64. The molecule has 0 fully saturated rings. The molecular formula is C21H24N2O3S. The standard InChI is InChI=1S/C21H24N2O3S/c24-20(22-12-14-27-18-5-2-1-3-6-18)7-4-13-26-17-9-10-19-16(15-17)8-11-21(25)23-19/h1-3,5-6,9-10,15H,4,7-8,11-14H2,(H,22,24)(H,23,25). The van der Waals surface area contributed by atoms with Gasteiger partial charge in [-0.05, 0) is 48.7 Å². The number of ether oxygens (including phenoxy) is 1. The minimum atomic E-state index is 0.0559. The molecule has 5 nitrogen and oxygen atoms in total. The number of hydrogen-bond donors (Lipinski definition) is 2. The van der Waals surface area contributed by atoms with Crippen LogP contribution in [0.1, 0.15) is 24.8 Å². The van der Waals surface area contributed by atoms with E-state index in [0.29, 0.717) is 32.4 Å². The SMILES string of the molecule is O=C(CCCOc1ccc2c(c1)CCC(=O)N2)NCCSc1ccccc1. The Morgan fingerprint density at radius 2 is 2.00 bits per heavy atom. The minimum Gasteiger partial charge on any atom is -0.494 e. The van der Waals surface area contributed by atoms with Crippen molar-refractivity contribution in [2.45, 2.75) is 30.6 Å². The average Bonchev–Trinajstić information content (AvgIpc) is 2.69. The predicted molar refractivity (Wildman–Crippen MR) is 108 cm³/mol. The summed E-state index contributed by atoms with van der Waals surface area (Å²) in [6, 6.07) is 15.9. The first-order valence-corrected chi connectivity index (χ1v) is 10.2. The van der Waals surface area contributed by atoms with Crippen molar-refractivity contribution in [1.82, 2.24) is 5.32 Å². The summed E-state index contributed by atoms with van der Waals surface area (Å²) in [4.78, 5) is 24.5. The van der Waals surface area contributed by atoms with E-state index in [1.165, 1.54) is 4.90 Å². The molecule has 6 heteroatoms. The lowest BCUT2D eigenvalue weighted by Crippen LogP contribution is -2.25. The second kappa shape index (κ2) is 10.0. The van der Waals surface area contributed by atoms with E-state index in [9.17, 15) is 9.59 Å². The number of benzene rings is 2. The van der Waals surface area contributed by atoms with E-state index < -0.39 is 0 Å². The number of fused-ring (bicyclic) bond motifs is 1. The highest BCUT2D eigenvalue weighted by Crippen LogP contribution is 2.26. The Bertz CT molecular complexity index is 780. The van der Waals surface area contributed by atoms with Crippen LogP contribution in [0.3, 0.4) is 0 Å². The van der Waals surface area contributed by atoms with E-state index in [1.807, 2.05) is 36.4 Å². The molecule has 0 radical (unpaired) electrons. The van der Waals surface area contributed by atoms with Crippen molar-refractivity contribution in [2.24, 2.45) is 0 Å². The van der Waals surface area contributed by atoms with E-state index in [-0.39, 0.29) is 11.8 Å². The normalized spacial score (nSPS) is 12.8. The van der Waals surface area contributed by atoms with Gasteiger partial charge in [-0.3, -0.25) is 9.59 Å². The number of anilines is 1. The number of rotatable bonds is 9. The van der Waals surface area contributed by atoms with Crippen LogP contribution < -0.4 is 15.4 Å². The maximum atomic E-state index is 11.9. The van der Waals surface area contributed by atoms with Gasteiger partial charge in [0.2, 0.25) is 11.8 Å². The largest absolute Gasteiger partial charge is 0.494 e. The zero-order valence-electron chi connectivity index (χ0n) is 15.2. The Morgan fingerprint density at radius 1 is 1.15 bits per heavy atom. The summed E-state index contributed by atoms with van der Waals surface area (Å²) in [5, 5.41) is 5.80. The molecule has 0 spiro atoms. The van der Waals surface area contributed by atoms with E-state index in [2.05, 4.69) is 22.8 Å². The van der Waals surface area contributed by atoms with Crippen LogP contribution >= 0.6 is 11.8 Å². The quantitative estimate of drug-likeness (QED) is 0.512. The van der Waals surface area contributed by atoms with Gasteiger partial charge in [-0.25, -0.2) is 0 Å². The molecule has 27 heavy (non-hydrogen) atoms. The molecule has 0 aliphatic carbocycles. The van der Waals surface area contributed by atoms with E-state index in [4.69, 9.17) is 4.74 Å². The van der Waals surface area contributed by atoms with Gasteiger partial charge in [-0.2, -0.15) is 0 Å². The lowest BCUT2D eigenvalue weighted by Gasteiger charge is -2.17. The van der Waals surface area contributed by atoms with Gasteiger partial charge < -0.3 is 15.4 Å². The minimum absolute atomic E-state index is 0.0559. The second-order valence-electron chi connectivity index (χ2n) is 6.33. The Hall–Kier alpha value is -2.47. The summed E-state index contributed by atoms with van der Waals surface area (Å²) < 4.78 is 5.74. The monoisotopic (exact) mass is 384 g/mol. The number of hydrogen-bond acceptors (Lipinski definition) is 4. The number of thioether (sulfide) groups is 1. The number of aryl methyl sites for hydroxylation is 1. The topological polar surface area (TPSA) is 67.4 Å². The van der Waals surface area contributed by atoms with Gasteiger partial charge in [0.25, 0.3) is 0 Å². The maximum absolute atomic E-state index is 11.9. The number of nitrogens with one attached hydrogen (secondary N) is 2. The molecule has 0 unspecified atom stereocenters. The van der Waals surface area contributed by atoms with Gasteiger partial charge in [-0.15, -0.1) is 11.8 Å². The van der Waals surface area contributed by atoms with Crippen LogP contribution in [0, 0.1) is 0 Å². The van der Waals surface area contributed by atoms with Crippen LogP contribution in [-0.4, -0.2) is 30.7 Å². The highest BCUT2D eigenvalue weighted by atomic mass is 32.2. The van der Waals surface area contributed by atoms with Gasteiger partial charge in [0.15, 0.2) is 0 Å². The number of amides is 2. The molecule has 0 bridgehead atoms. The fourth-order valence-electron chi connectivity index (χ4n) is 2.84. The summed E-state index contributed by atoms with van der Waals surface area (Å²) in [6.45, 7) is 1.16. The van der Waals surface area contributed by atoms with Gasteiger partial charge in [-0.1, -0.05) is 18.2 Å². The Kier molecular flexibility index (Phi) is 7.16. The lowest BCUT2D eigenvalue weighted by molar-refractivity contribution is -0.121. The van der Waals surface area contributed by atoms with Crippen molar-refractivity contribution in [3.63, 3.8) is 0 Å². The Balaban J connectivity index is 1.28. The zero-order valence-corrected chi connectivity index (χ0v) is 16.0. The lowest BCUT2D eigenvalue weighted by atomic mass is 10.0. The summed E-state index contributed by atoms with van der Waals surface area (Å²) in [5.74, 6) is 1.76. The van der Waals surface area contributed by atoms with Crippen LogP contribution in [0.15, 0.2) is 53.4 Å². The molecule has 2 N–H and O–H groups in total. The zero-order chi connectivity index (χ0) is 18.9. The maximum Gasteiger partial charge on any atom is 0.224 e. The van der Waals surface area contributed by atoms with Crippen LogP contribution in [0.2, 0.25) is 0 Å². The van der Waals surface area contributed by atoms with Crippen LogP contribution in [0.5, 0.6) is 5.75 Å². The third-order valence-electron chi connectivity index (χ3n) is 4.23. The molecule has 2 amide bonds. The van der Waals surface area contributed by atoms with Crippen molar-refractivity contribution in [3.8, 4) is 5.75 Å². The first-order valence-electron chi connectivity index (χ1n) is 9.21. The van der Waals surface area contributed by atoms with Gasteiger partial charge in [0, 0.05) is 35.7 Å². The molecule has 1 heterocycles. The van der Waals surface area contributed by atoms with E-state index in [0.717, 1.165) is 29.2 Å². The molecule has 3 rings (SSSR count). The van der Waals surface area contributed by atoms with Crippen molar-refractivity contribution in [3.05, 3.63) is 54.1 Å². The molecule has 2 aromatic rings.